The van der Waals surface area contributed by atoms with E-state index in [0.717, 1.165) is 6.07 Å². The Morgan fingerprint density at radius 3 is 2.67 bits per heavy atom. The Morgan fingerprint density at radius 2 is 2.14 bits per heavy atom. The minimum Gasteiger partial charge on any atom is -0.478 e. The highest BCUT2D eigenvalue weighted by atomic mass is 16.6. The van der Waals surface area contributed by atoms with Crippen molar-refractivity contribution in [1.82, 2.24) is 0 Å². The minimum absolute atomic E-state index is 0.146. The summed E-state index contributed by atoms with van der Waals surface area (Å²) in [5.41, 5.74) is 5.07. The van der Waals surface area contributed by atoms with E-state index in [0.29, 0.717) is 11.3 Å². The molecule has 0 aliphatic rings. The summed E-state index contributed by atoms with van der Waals surface area (Å²) in [5, 5.41) is 22.7. The number of ether oxygens (including phenoxy) is 1. The molecule has 0 saturated heterocycles. The lowest BCUT2D eigenvalue weighted by atomic mass is 10.1. The van der Waals surface area contributed by atoms with Crippen molar-refractivity contribution in [3.63, 3.8) is 0 Å². The highest BCUT2D eigenvalue weighted by molar-refractivity contribution is 5.90. The predicted octanol–water partition coefficient (Wildman–Crippen LogP) is 0.515. The zero-order valence-corrected chi connectivity index (χ0v) is 11.3. The number of nitro benzene ring substituents is 1. The first kappa shape index (κ1) is 16.4. The maximum atomic E-state index is 11.0. The Balaban J connectivity index is 2.83. The van der Waals surface area contributed by atoms with E-state index in [1.807, 2.05) is 0 Å². The number of carboxylic acids is 1. The van der Waals surface area contributed by atoms with Gasteiger partial charge in [0.2, 0.25) is 5.91 Å². The van der Waals surface area contributed by atoms with E-state index in [4.69, 9.17) is 15.6 Å². The van der Waals surface area contributed by atoms with Crippen LogP contribution in [-0.2, 0) is 9.53 Å². The summed E-state index contributed by atoms with van der Waals surface area (Å²) in [5.74, 6) is -1.86. The number of amides is 1. The molecule has 0 saturated carbocycles. The van der Waals surface area contributed by atoms with Crippen molar-refractivity contribution >= 4 is 23.3 Å². The molecular formula is C12H15N3O6. The molecule has 0 aliphatic heterocycles. The van der Waals surface area contributed by atoms with Crippen LogP contribution in [0, 0.1) is 17.0 Å². The van der Waals surface area contributed by atoms with E-state index in [9.17, 15) is 19.7 Å². The van der Waals surface area contributed by atoms with Gasteiger partial charge in [-0.2, -0.15) is 0 Å². The van der Waals surface area contributed by atoms with Crippen molar-refractivity contribution in [2.24, 2.45) is 5.73 Å². The van der Waals surface area contributed by atoms with Gasteiger partial charge in [-0.15, -0.1) is 0 Å². The summed E-state index contributed by atoms with van der Waals surface area (Å²) < 4.78 is 4.92. The number of carbonyl (C=O) groups excluding carboxylic acids is 1. The average Bonchev–Trinajstić information content (AvgIpc) is 2.39. The standard InChI is InChI=1S/C12H15N3O6/c1-7-9(14-2-3-21-6-11(13)16)4-8(12(17)18)5-10(7)15(19)20/h4-5,14H,2-3,6H2,1H3,(H2,13,16)(H,17,18). The molecule has 0 unspecified atom stereocenters. The number of carboxylic acid groups (broad SMARTS) is 1. The second kappa shape index (κ2) is 7.20. The fourth-order valence-corrected chi connectivity index (χ4v) is 1.63. The van der Waals surface area contributed by atoms with Crippen molar-refractivity contribution in [1.29, 1.82) is 0 Å². The maximum absolute atomic E-state index is 11.0. The first-order valence-corrected chi connectivity index (χ1v) is 5.95. The molecule has 0 aromatic heterocycles. The molecule has 0 fully saturated rings. The summed E-state index contributed by atoms with van der Waals surface area (Å²) in [7, 11) is 0. The number of hydrogen-bond acceptors (Lipinski definition) is 6. The molecule has 9 nitrogen and oxygen atoms in total. The van der Waals surface area contributed by atoms with Gasteiger partial charge in [0, 0.05) is 23.9 Å². The molecule has 9 heteroatoms. The van der Waals surface area contributed by atoms with Crippen LogP contribution in [0.1, 0.15) is 15.9 Å². The Bertz CT molecular complexity index is 572. The number of nitrogens with one attached hydrogen (secondary N) is 1. The lowest BCUT2D eigenvalue weighted by Gasteiger charge is -2.11. The zero-order valence-electron chi connectivity index (χ0n) is 11.3. The van der Waals surface area contributed by atoms with Crippen LogP contribution < -0.4 is 11.1 Å². The van der Waals surface area contributed by atoms with Gasteiger partial charge in [0.05, 0.1) is 17.1 Å². The van der Waals surface area contributed by atoms with Gasteiger partial charge < -0.3 is 20.9 Å². The van der Waals surface area contributed by atoms with E-state index >= 15 is 0 Å². The quantitative estimate of drug-likeness (QED) is 0.360. The second-order valence-corrected chi connectivity index (χ2v) is 4.18. The van der Waals surface area contributed by atoms with Crippen LogP contribution in [0.5, 0.6) is 0 Å². The van der Waals surface area contributed by atoms with Crippen molar-refractivity contribution in [2.45, 2.75) is 6.92 Å². The highest BCUT2D eigenvalue weighted by Gasteiger charge is 2.18. The molecule has 21 heavy (non-hydrogen) atoms. The van der Waals surface area contributed by atoms with E-state index < -0.39 is 16.8 Å². The van der Waals surface area contributed by atoms with Gasteiger partial charge in [-0.1, -0.05) is 0 Å². The molecule has 1 rings (SSSR count). The summed E-state index contributed by atoms with van der Waals surface area (Å²) in [4.78, 5) is 31.7. The molecule has 1 aromatic carbocycles. The third-order valence-corrected chi connectivity index (χ3v) is 2.63. The third-order valence-electron chi connectivity index (χ3n) is 2.63. The number of aromatic carboxylic acids is 1. The number of primary amides is 1. The molecule has 0 radical (unpaired) electrons. The van der Waals surface area contributed by atoms with Gasteiger partial charge in [0.25, 0.3) is 5.69 Å². The van der Waals surface area contributed by atoms with Crippen LogP contribution in [0.2, 0.25) is 0 Å². The lowest BCUT2D eigenvalue weighted by molar-refractivity contribution is -0.385. The van der Waals surface area contributed by atoms with Gasteiger partial charge in [0.15, 0.2) is 0 Å². The molecule has 4 N–H and O–H groups in total. The number of hydrogen-bond donors (Lipinski definition) is 3. The van der Waals surface area contributed by atoms with Gasteiger partial charge in [-0.25, -0.2) is 4.79 Å². The van der Waals surface area contributed by atoms with Crippen LogP contribution in [0.15, 0.2) is 12.1 Å². The Hall–Kier alpha value is -2.68. The van der Waals surface area contributed by atoms with E-state index in [2.05, 4.69) is 5.32 Å². The van der Waals surface area contributed by atoms with Crippen LogP contribution in [0.4, 0.5) is 11.4 Å². The first-order valence-electron chi connectivity index (χ1n) is 5.95. The molecule has 0 heterocycles. The number of nitrogens with zero attached hydrogens (tertiary/aromatic N) is 1. The minimum atomic E-state index is -1.26. The second-order valence-electron chi connectivity index (χ2n) is 4.18. The topological polar surface area (TPSA) is 145 Å². The van der Waals surface area contributed by atoms with Crippen molar-refractivity contribution in [3.05, 3.63) is 33.4 Å². The predicted molar refractivity (Wildman–Crippen MR) is 73.3 cm³/mol. The fourth-order valence-electron chi connectivity index (χ4n) is 1.63. The number of benzene rings is 1. The highest BCUT2D eigenvalue weighted by Crippen LogP contribution is 2.27. The molecular weight excluding hydrogens is 282 g/mol. The number of nitro groups is 1. The van der Waals surface area contributed by atoms with Crippen LogP contribution >= 0.6 is 0 Å². The van der Waals surface area contributed by atoms with E-state index in [1.165, 1.54) is 13.0 Å². The molecule has 0 aliphatic carbocycles. The monoisotopic (exact) mass is 297 g/mol. The average molecular weight is 297 g/mol. The van der Waals surface area contributed by atoms with Gasteiger partial charge in [-0.3, -0.25) is 14.9 Å². The first-order chi connectivity index (χ1) is 9.82. The summed E-state index contributed by atoms with van der Waals surface area (Å²) >= 11 is 0. The summed E-state index contributed by atoms with van der Waals surface area (Å²) in [6.07, 6.45) is 0. The van der Waals surface area contributed by atoms with E-state index in [-0.39, 0.29) is 31.0 Å². The van der Waals surface area contributed by atoms with Crippen molar-refractivity contribution in [2.75, 3.05) is 25.1 Å². The number of carbonyl (C=O) groups is 2. The third kappa shape index (κ3) is 4.73. The number of anilines is 1. The van der Waals surface area contributed by atoms with Gasteiger partial charge >= 0.3 is 5.97 Å². The SMILES string of the molecule is Cc1c(NCCOCC(N)=O)cc(C(=O)O)cc1[N+](=O)[O-]. The molecule has 1 aromatic rings. The van der Waals surface area contributed by atoms with Crippen molar-refractivity contribution in [3.8, 4) is 0 Å². The zero-order chi connectivity index (χ0) is 16.0. The Morgan fingerprint density at radius 1 is 1.48 bits per heavy atom. The smallest absolute Gasteiger partial charge is 0.336 e. The molecule has 0 atom stereocenters. The van der Waals surface area contributed by atoms with E-state index in [1.54, 1.807) is 0 Å². The number of nitrogens with two attached hydrogens (primary N) is 1. The fraction of sp³-hybridized carbons (Fsp3) is 0.333. The van der Waals surface area contributed by atoms with Crippen LogP contribution in [-0.4, -0.2) is 41.7 Å². The van der Waals surface area contributed by atoms with Gasteiger partial charge in [0.1, 0.15) is 6.61 Å². The molecule has 1 amide bonds. The summed E-state index contributed by atoms with van der Waals surface area (Å²) in [6, 6.07) is 2.31. The Kier molecular flexibility index (Phi) is 5.61. The molecule has 0 spiro atoms. The normalized spacial score (nSPS) is 10.1. The largest absolute Gasteiger partial charge is 0.478 e. The number of rotatable bonds is 8. The van der Waals surface area contributed by atoms with Crippen molar-refractivity contribution < 1.29 is 24.4 Å². The maximum Gasteiger partial charge on any atom is 0.336 e. The van der Waals surface area contributed by atoms with Crippen LogP contribution in [0.25, 0.3) is 0 Å². The molecule has 0 bridgehead atoms. The lowest BCUT2D eigenvalue weighted by Crippen LogP contribution is -2.20. The van der Waals surface area contributed by atoms with Gasteiger partial charge in [-0.05, 0) is 13.0 Å². The molecule has 114 valence electrons. The van der Waals surface area contributed by atoms with Crippen LogP contribution in [0.3, 0.4) is 0 Å². The summed E-state index contributed by atoms with van der Waals surface area (Å²) in [6.45, 7) is 1.67. The Labute approximate surface area is 119 Å².